The molecule has 0 amide bonds. The Morgan fingerprint density at radius 1 is 0.938 bits per heavy atom. The molecule has 0 spiro atoms. The number of hydrogen-bond donors (Lipinski definition) is 0. The standard InChI is InChI=1S/C13H8BrNS/c14-11-6-2-4-8-13(11)16-12-7-3-1-5-10(12)9-15/h1-8H. The fourth-order valence-corrected chi connectivity index (χ4v) is 2.74. The van der Waals surface area contributed by atoms with E-state index in [-0.39, 0.29) is 0 Å². The topological polar surface area (TPSA) is 23.8 Å². The second-order valence-electron chi connectivity index (χ2n) is 3.14. The van der Waals surface area contributed by atoms with E-state index in [9.17, 15) is 0 Å². The zero-order valence-electron chi connectivity index (χ0n) is 8.35. The maximum absolute atomic E-state index is 8.99. The van der Waals surface area contributed by atoms with Gasteiger partial charge in [0.1, 0.15) is 6.07 Å². The summed E-state index contributed by atoms with van der Waals surface area (Å²) in [5, 5.41) is 8.99. The van der Waals surface area contributed by atoms with Gasteiger partial charge in [-0.1, -0.05) is 36.0 Å². The number of rotatable bonds is 2. The van der Waals surface area contributed by atoms with Crippen molar-refractivity contribution in [2.75, 3.05) is 0 Å². The molecule has 2 rings (SSSR count). The highest BCUT2D eigenvalue weighted by molar-refractivity contribution is 9.10. The van der Waals surface area contributed by atoms with Crippen LogP contribution in [0.4, 0.5) is 0 Å². The lowest BCUT2D eigenvalue weighted by Crippen LogP contribution is -1.80. The van der Waals surface area contributed by atoms with Gasteiger partial charge < -0.3 is 0 Å². The Balaban J connectivity index is 2.35. The summed E-state index contributed by atoms with van der Waals surface area (Å²) in [7, 11) is 0. The van der Waals surface area contributed by atoms with Crippen LogP contribution in [-0.2, 0) is 0 Å². The second-order valence-corrected chi connectivity index (χ2v) is 5.08. The monoisotopic (exact) mass is 289 g/mol. The van der Waals surface area contributed by atoms with Crippen molar-refractivity contribution in [3.05, 3.63) is 58.6 Å². The van der Waals surface area contributed by atoms with Crippen molar-refractivity contribution < 1.29 is 0 Å². The van der Waals surface area contributed by atoms with E-state index in [1.165, 1.54) is 0 Å². The molecular weight excluding hydrogens is 282 g/mol. The summed E-state index contributed by atoms with van der Waals surface area (Å²) < 4.78 is 1.05. The first kappa shape index (κ1) is 11.3. The average molecular weight is 290 g/mol. The molecule has 0 atom stereocenters. The third-order valence-electron chi connectivity index (χ3n) is 2.06. The Morgan fingerprint density at radius 3 is 2.25 bits per heavy atom. The number of benzene rings is 2. The van der Waals surface area contributed by atoms with Crippen LogP contribution in [0, 0.1) is 11.3 Å². The van der Waals surface area contributed by atoms with E-state index >= 15 is 0 Å². The minimum Gasteiger partial charge on any atom is -0.192 e. The summed E-state index contributed by atoms with van der Waals surface area (Å²) in [5.41, 5.74) is 0.711. The van der Waals surface area contributed by atoms with Crippen LogP contribution in [0.2, 0.25) is 0 Å². The highest BCUT2D eigenvalue weighted by Crippen LogP contribution is 2.34. The molecule has 0 fully saturated rings. The fourth-order valence-electron chi connectivity index (χ4n) is 1.29. The van der Waals surface area contributed by atoms with Gasteiger partial charge in [0, 0.05) is 14.3 Å². The predicted molar refractivity (Wildman–Crippen MR) is 69.4 cm³/mol. The molecular formula is C13H8BrNS. The van der Waals surface area contributed by atoms with Gasteiger partial charge in [0.25, 0.3) is 0 Å². The van der Waals surface area contributed by atoms with Crippen LogP contribution >= 0.6 is 27.7 Å². The van der Waals surface area contributed by atoms with E-state index in [1.54, 1.807) is 11.8 Å². The molecule has 0 aliphatic rings. The Morgan fingerprint density at radius 2 is 1.56 bits per heavy atom. The first-order chi connectivity index (χ1) is 7.81. The van der Waals surface area contributed by atoms with E-state index in [0.29, 0.717) is 5.56 Å². The minimum absolute atomic E-state index is 0.711. The highest BCUT2D eigenvalue weighted by Gasteiger charge is 2.05. The van der Waals surface area contributed by atoms with Crippen molar-refractivity contribution in [1.29, 1.82) is 5.26 Å². The Hall–Kier alpha value is -1.24. The Labute approximate surface area is 107 Å². The van der Waals surface area contributed by atoms with Crippen LogP contribution in [0.25, 0.3) is 0 Å². The summed E-state index contributed by atoms with van der Waals surface area (Å²) in [6.45, 7) is 0. The second kappa shape index (κ2) is 5.20. The summed E-state index contributed by atoms with van der Waals surface area (Å²) >= 11 is 5.09. The van der Waals surface area contributed by atoms with Gasteiger partial charge in [0.05, 0.1) is 5.56 Å². The molecule has 16 heavy (non-hydrogen) atoms. The number of halogens is 1. The third-order valence-corrected chi connectivity index (χ3v) is 4.17. The van der Waals surface area contributed by atoms with Crippen molar-refractivity contribution in [3.8, 4) is 6.07 Å². The van der Waals surface area contributed by atoms with Gasteiger partial charge in [-0.2, -0.15) is 5.26 Å². The summed E-state index contributed by atoms with van der Waals surface area (Å²) in [5.74, 6) is 0. The van der Waals surface area contributed by atoms with E-state index < -0.39 is 0 Å². The van der Waals surface area contributed by atoms with Gasteiger partial charge in [0.15, 0.2) is 0 Å². The van der Waals surface area contributed by atoms with Gasteiger partial charge >= 0.3 is 0 Å². The molecule has 1 nitrogen and oxygen atoms in total. The molecule has 2 aromatic carbocycles. The van der Waals surface area contributed by atoms with Crippen LogP contribution in [-0.4, -0.2) is 0 Å². The van der Waals surface area contributed by atoms with Crippen molar-refractivity contribution in [1.82, 2.24) is 0 Å². The zero-order chi connectivity index (χ0) is 11.4. The Bertz CT molecular complexity index is 546. The molecule has 2 aromatic rings. The average Bonchev–Trinajstić information content (AvgIpc) is 2.33. The van der Waals surface area contributed by atoms with Gasteiger partial charge in [-0.15, -0.1) is 0 Å². The van der Waals surface area contributed by atoms with Crippen molar-refractivity contribution >= 4 is 27.7 Å². The van der Waals surface area contributed by atoms with Crippen molar-refractivity contribution in [3.63, 3.8) is 0 Å². The third kappa shape index (κ3) is 2.46. The van der Waals surface area contributed by atoms with E-state index in [1.807, 2.05) is 48.5 Å². The molecule has 0 unspecified atom stereocenters. The van der Waals surface area contributed by atoms with Gasteiger partial charge in [0.2, 0.25) is 0 Å². The largest absolute Gasteiger partial charge is 0.192 e. The molecule has 3 heteroatoms. The fraction of sp³-hybridized carbons (Fsp3) is 0. The first-order valence-corrected chi connectivity index (χ1v) is 6.34. The van der Waals surface area contributed by atoms with E-state index in [0.717, 1.165) is 14.3 Å². The molecule has 0 aliphatic carbocycles. The van der Waals surface area contributed by atoms with Gasteiger partial charge in [-0.05, 0) is 40.2 Å². The van der Waals surface area contributed by atoms with Crippen molar-refractivity contribution in [2.45, 2.75) is 9.79 Å². The number of nitrogens with zero attached hydrogens (tertiary/aromatic N) is 1. The quantitative estimate of drug-likeness (QED) is 0.814. The maximum Gasteiger partial charge on any atom is 0.100 e. The summed E-state index contributed by atoms with van der Waals surface area (Å²) in [6, 6.07) is 17.8. The zero-order valence-corrected chi connectivity index (χ0v) is 10.8. The molecule has 0 saturated heterocycles. The van der Waals surface area contributed by atoms with Crippen LogP contribution in [0.1, 0.15) is 5.56 Å². The molecule has 0 saturated carbocycles. The first-order valence-electron chi connectivity index (χ1n) is 4.73. The molecule has 0 aliphatic heterocycles. The minimum atomic E-state index is 0.711. The molecule has 0 N–H and O–H groups in total. The number of hydrogen-bond acceptors (Lipinski definition) is 2. The van der Waals surface area contributed by atoms with Gasteiger partial charge in [-0.25, -0.2) is 0 Å². The molecule has 0 heterocycles. The highest BCUT2D eigenvalue weighted by atomic mass is 79.9. The van der Waals surface area contributed by atoms with Gasteiger partial charge in [-0.3, -0.25) is 0 Å². The lowest BCUT2D eigenvalue weighted by Gasteiger charge is -2.05. The SMILES string of the molecule is N#Cc1ccccc1Sc1ccccc1Br. The summed E-state index contributed by atoms with van der Waals surface area (Å²) in [4.78, 5) is 2.10. The smallest absolute Gasteiger partial charge is 0.100 e. The molecule has 0 bridgehead atoms. The molecule has 78 valence electrons. The van der Waals surface area contributed by atoms with Crippen LogP contribution in [0.5, 0.6) is 0 Å². The van der Waals surface area contributed by atoms with Crippen LogP contribution in [0.15, 0.2) is 62.8 Å². The van der Waals surface area contributed by atoms with Crippen LogP contribution in [0.3, 0.4) is 0 Å². The molecule has 0 radical (unpaired) electrons. The van der Waals surface area contributed by atoms with E-state index in [2.05, 4.69) is 22.0 Å². The Kier molecular flexibility index (Phi) is 3.66. The van der Waals surface area contributed by atoms with Crippen LogP contribution < -0.4 is 0 Å². The number of nitriles is 1. The van der Waals surface area contributed by atoms with Crippen molar-refractivity contribution in [2.24, 2.45) is 0 Å². The lowest BCUT2D eigenvalue weighted by atomic mass is 10.2. The molecule has 0 aromatic heterocycles. The summed E-state index contributed by atoms with van der Waals surface area (Å²) in [6.07, 6.45) is 0. The normalized spacial score (nSPS) is 9.75. The maximum atomic E-state index is 8.99. The van der Waals surface area contributed by atoms with E-state index in [4.69, 9.17) is 5.26 Å². The predicted octanol–water partition coefficient (Wildman–Crippen LogP) is 4.47. The lowest BCUT2D eigenvalue weighted by molar-refractivity contribution is 1.34.